The van der Waals surface area contributed by atoms with E-state index in [2.05, 4.69) is 10.3 Å². The van der Waals surface area contributed by atoms with Gasteiger partial charge in [-0.2, -0.15) is 0 Å². The van der Waals surface area contributed by atoms with Crippen LogP contribution in [0, 0.1) is 0 Å². The predicted octanol–water partition coefficient (Wildman–Crippen LogP) is 3.89. The number of halogens is 3. The molecular formula is C12H12Cl3N3O. The van der Waals surface area contributed by atoms with E-state index >= 15 is 0 Å². The second kappa shape index (κ2) is 6.48. The Hall–Kier alpha value is -0.940. The Balaban J connectivity index is 2.32. The van der Waals surface area contributed by atoms with E-state index in [0.717, 1.165) is 0 Å². The summed E-state index contributed by atoms with van der Waals surface area (Å²) in [6.07, 6.45) is 3.47. The Morgan fingerprint density at radius 1 is 1.21 bits per heavy atom. The van der Waals surface area contributed by atoms with E-state index in [1.807, 2.05) is 0 Å². The largest absolute Gasteiger partial charge is 0.383 e. The van der Waals surface area contributed by atoms with Crippen LogP contribution in [0.25, 0.3) is 5.69 Å². The van der Waals surface area contributed by atoms with Gasteiger partial charge in [0.1, 0.15) is 0 Å². The molecular weight excluding hydrogens is 309 g/mol. The lowest BCUT2D eigenvalue weighted by Gasteiger charge is -2.12. The highest BCUT2D eigenvalue weighted by molar-refractivity contribution is 6.43. The van der Waals surface area contributed by atoms with Crippen LogP contribution in [0.4, 0.5) is 5.95 Å². The summed E-state index contributed by atoms with van der Waals surface area (Å²) in [5.41, 5.74) is 0.716. The van der Waals surface area contributed by atoms with Crippen LogP contribution < -0.4 is 5.32 Å². The molecule has 1 aromatic heterocycles. The molecule has 2 aromatic rings. The molecule has 0 radical (unpaired) electrons. The molecule has 2 rings (SSSR count). The lowest BCUT2D eigenvalue weighted by atomic mass is 10.3. The van der Waals surface area contributed by atoms with Gasteiger partial charge in [-0.05, 0) is 12.1 Å². The minimum Gasteiger partial charge on any atom is -0.383 e. The normalized spacial score (nSPS) is 10.7. The van der Waals surface area contributed by atoms with E-state index in [-0.39, 0.29) is 0 Å². The summed E-state index contributed by atoms with van der Waals surface area (Å²) >= 11 is 18.1. The van der Waals surface area contributed by atoms with E-state index in [1.165, 1.54) is 0 Å². The number of imidazole rings is 1. The third-order valence-corrected chi connectivity index (χ3v) is 3.50. The van der Waals surface area contributed by atoms with Crippen LogP contribution in [-0.4, -0.2) is 29.8 Å². The van der Waals surface area contributed by atoms with Crippen molar-refractivity contribution in [3.63, 3.8) is 0 Å². The van der Waals surface area contributed by atoms with Crippen molar-refractivity contribution >= 4 is 40.8 Å². The van der Waals surface area contributed by atoms with E-state index in [0.29, 0.717) is 39.9 Å². The quantitative estimate of drug-likeness (QED) is 0.671. The van der Waals surface area contributed by atoms with Crippen molar-refractivity contribution in [2.45, 2.75) is 0 Å². The maximum Gasteiger partial charge on any atom is 0.207 e. The zero-order valence-corrected chi connectivity index (χ0v) is 12.4. The number of hydrogen-bond donors (Lipinski definition) is 1. The molecule has 7 heteroatoms. The fourth-order valence-electron chi connectivity index (χ4n) is 1.59. The van der Waals surface area contributed by atoms with Crippen LogP contribution >= 0.6 is 34.8 Å². The number of rotatable bonds is 5. The summed E-state index contributed by atoms with van der Waals surface area (Å²) in [5, 5.41) is 4.51. The van der Waals surface area contributed by atoms with Crippen molar-refractivity contribution in [1.29, 1.82) is 0 Å². The van der Waals surface area contributed by atoms with Crippen LogP contribution in [0.2, 0.25) is 15.1 Å². The van der Waals surface area contributed by atoms with E-state index in [4.69, 9.17) is 39.5 Å². The number of ether oxygens (including phenoxy) is 1. The van der Waals surface area contributed by atoms with Crippen molar-refractivity contribution in [3.05, 3.63) is 39.6 Å². The van der Waals surface area contributed by atoms with Crippen molar-refractivity contribution in [2.24, 2.45) is 0 Å². The first-order valence-corrected chi connectivity index (χ1v) is 6.68. The van der Waals surface area contributed by atoms with Crippen LogP contribution in [0.3, 0.4) is 0 Å². The first-order valence-electron chi connectivity index (χ1n) is 5.54. The number of nitrogens with one attached hydrogen (secondary N) is 1. The molecule has 0 unspecified atom stereocenters. The van der Waals surface area contributed by atoms with Crippen molar-refractivity contribution < 1.29 is 4.74 Å². The number of benzene rings is 1. The molecule has 0 spiro atoms. The van der Waals surface area contributed by atoms with Gasteiger partial charge in [-0.15, -0.1) is 0 Å². The number of nitrogens with zero attached hydrogens (tertiary/aromatic N) is 2. The predicted molar refractivity (Wildman–Crippen MR) is 79.0 cm³/mol. The SMILES string of the molecule is COCCNc1nccn1-c1cc(Cl)c(Cl)cc1Cl. The fraction of sp³-hybridized carbons (Fsp3) is 0.250. The van der Waals surface area contributed by atoms with Gasteiger partial charge in [-0.25, -0.2) is 4.98 Å². The van der Waals surface area contributed by atoms with Crippen LogP contribution in [0.1, 0.15) is 0 Å². The molecule has 1 N–H and O–H groups in total. The van der Waals surface area contributed by atoms with Gasteiger partial charge in [0.15, 0.2) is 0 Å². The summed E-state index contributed by atoms with van der Waals surface area (Å²) in [6.45, 7) is 1.23. The van der Waals surface area contributed by atoms with Crippen molar-refractivity contribution in [2.75, 3.05) is 25.6 Å². The van der Waals surface area contributed by atoms with E-state index in [1.54, 1.807) is 36.2 Å². The summed E-state index contributed by atoms with van der Waals surface area (Å²) in [7, 11) is 1.64. The second-order valence-corrected chi connectivity index (χ2v) is 4.98. The molecule has 0 saturated carbocycles. The summed E-state index contributed by atoms with van der Waals surface area (Å²) in [6, 6.07) is 3.31. The van der Waals surface area contributed by atoms with Gasteiger partial charge >= 0.3 is 0 Å². The van der Waals surface area contributed by atoms with Gasteiger partial charge in [0.05, 0.1) is 27.4 Å². The smallest absolute Gasteiger partial charge is 0.207 e. The first kappa shape index (κ1) is 14.5. The molecule has 0 fully saturated rings. The molecule has 0 aliphatic rings. The number of methoxy groups -OCH3 is 1. The van der Waals surface area contributed by atoms with E-state index in [9.17, 15) is 0 Å². The van der Waals surface area contributed by atoms with Gasteiger partial charge in [0.25, 0.3) is 0 Å². The maximum atomic E-state index is 6.18. The second-order valence-electron chi connectivity index (χ2n) is 3.76. The lowest BCUT2D eigenvalue weighted by molar-refractivity contribution is 0.210. The number of aromatic nitrogens is 2. The highest BCUT2D eigenvalue weighted by atomic mass is 35.5. The third kappa shape index (κ3) is 3.34. The van der Waals surface area contributed by atoms with Crippen LogP contribution in [0.5, 0.6) is 0 Å². The van der Waals surface area contributed by atoms with Gasteiger partial charge in [-0.1, -0.05) is 34.8 Å². The van der Waals surface area contributed by atoms with Gasteiger partial charge in [0.2, 0.25) is 5.95 Å². The zero-order valence-electron chi connectivity index (χ0n) is 10.2. The highest BCUT2D eigenvalue weighted by Crippen LogP contribution is 2.32. The molecule has 19 heavy (non-hydrogen) atoms. The summed E-state index contributed by atoms with van der Waals surface area (Å²) in [5.74, 6) is 0.664. The topological polar surface area (TPSA) is 39.1 Å². The molecule has 0 aliphatic heterocycles. The van der Waals surface area contributed by atoms with Gasteiger partial charge in [0, 0.05) is 26.0 Å². The Morgan fingerprint density at radius 2 is 1.95 bits per heavy atom. The molecule has 0 amide bonds. The summed E-state index contributed by atoms with van der Waals surface area (Å²) < 4.78 is 6.79. The number of hydrogen-bond acceptors (Lipinski definition) is 3. The highest BCUT2D eigenvalue weighted by Gasteiger charge is 2.11. The Morgan fingerprint density at radius 3 is 2.68 bits per heavy atom. The molecule has 0 aliphatic carbocycles. The average molecular weight is 321 g/mol. The zero-order chi connectivity index (χ0) is 13.8. The minimum atomic E-state index is 0.421. The van der Waals surface area contributed by atoms with Crippen molar-refractivity contribution in [1.82, 2.24) is 9.55 Å². The molecule has 0 saturated heterocycles. The van der Waals surface area contributed by atoms with Crippen molar-refractivity contribution in [3.8, 4) is 5.69 Å². The fourth-order valence-corrected chi connectivity index (χ4v) is 2.22. The monoisotopic (exact) mass is 319 g/mol. The Kier molecular flexibility index (Phi) is 4.93. The Labute approximate surface area is 126 Å². The minimum absolute atomic E-state index is 0.421. The van der Waals surface area contributed by atoms with Gasteiger partial charge < -0.3 is 10.1 Å². The molecule has 1 heterocycles. The standard InChI is InChI=1S/C12H12Cl3N3O/c1-19-5-3-17-12-16-2-4-18(12)11-7-9(14)8(13)6-10(11)15/h2,4,6-7H,3,5H2,1H3,(H,16,17). The maximum absolute atomic E-state index is 6.18. The molecule has 102 valence electrons. The van der Waals surface area contributed by atoms with Gasteiger partial charge in [-0.3, -0.25) is 4.57 Å². The molecule has 1 aromatic carbocycles. The summed E-state index contributed by atoms with van der Waals surface area (Å²) in [4.78, 5) is 4.22. The van der Waals surface area contributed by atoms with E-state index < -0.39 is 0 Å². The first-order chi connectivity index (χ1) is 9.13. The van der Waals surface area contributed by atoms with Crippen LogP contribution in [0.15, 0.2) is 24.5 Å². The molecule has 0 bridgehead atoms. The van der Waals surface area contributed by atoms with Crippen LogP contribution in [-0.2, 0) is 4.74 Å². The molecule has 4 nitrogen and oxygen atoms in total. The third-order valence-electron chi connectivity index (χ3n) is 2.48. The average Bonchev–Trinajstić information content (AvgIpc) is 2.82. The molecule has 0 atom stereocenters. The lowest BCUT2D eigenvalue weighted by Crippen LogP contribution is -2.11. The Bertz CT molecular complexity index is 571. The number of anilines is 1.